The molecule has 0 radical (unpaired) electrons. The van der Waals surface area contributed by atoms with Crippen LogP contribution in [0.4, 0.5) is 0 Å². The van der Waals surface area contributed by atoms with E-state index >= 15 is 0 Å². The predicted octanol–water partition coefficient (Wildman–Crippen LogP) is 4.35. The summed E-state index contributed by atoms with van der Waals surface area (Å²) in [5.41, 5.74) is 1.40. The average Bonchev–Trinajstić information content (AvgIpc) is 2.63. The van der Waals surface area contributed by atoms with E-state index in [4.69, 9.17) is 4.99 Å². The quantitative estimate of drug-likeness (QED) is 0.329. The molecule has 4 nitrogen and oxygen atoms in total. The number of piperidine rings is 1. The van der Waals surface area contributed by atoms with Crippen LogP contribution in [0.2, 0.25) is 0 Å². The summed E-state index contributed by atoms with van der Waals surface area (Å²) in [5.74, 6) is 0.961. The Kier molecular flexibility index (Phi) is 11.1. The summed E-state index contributed by atoms with van der Waals surface area (Å²) in [6.45, 7) is 12.9. The van der Waals surface area contributed by atoms with E-state index in [1.165, 1.54) is 5.56 Å². The maximum Gasteiger partial charge on any atom is 0.191 e. The van der Waals surface area contributed by atoms with Crippen LogP contribution in [0.3, 0.4) is 0 Å². The molecule has 1 aliphatic heterocycles. The number of nitrogens with zero attached hydrogens (tertiary/aromatic N) is 2. The zero-order chi connectivity index (χ0) is 19.0. The molecule has 2 atom stereocenters. The number of benzene rings is 1. The zero-order valence-electron chi connectivity index (χ0n) is 17.5. The van der Waals surface area contributed by atoms with Crippen LogP contribution in [-0.2, 0) is 6.54 Å². The molecular weight excluding hydrogens is 467 g/mol. The van der Waals surface area contributed by atoms with E-state index in [1.54, 1.807) is 0 Å². The van der Waals surface area contributed by atoms with Gasteiger partial charge in [-0.05, 0) is 52.4 Å². The number of aliphatic imine (C=N–C) groups is 1. The van der Waals surface area contributed by atoms with Gasteiger partial charge in [0.25, 0.3) is 0 Å². The van der Waals surface area contributed by atoms with Crippen LogP contribution in [0.5, 0.6) is 0 Å². The van der Waals surface area contributed by atoms with Gasteiger partial charge in [0.1, 0.15) is 0 Å². The molecule has 2 rings (SSSR count). The largest absolute Gasteiger partial charge is 0.357 e. The van der Waals surface area contributed by atoms with Gasteiger partial charge in [-0.15, -0.1) is 24.0 Å². The Labute approximate surface area is 187 Å². The third-order valence-electron chi connectivity index (χ3n) is 5.10. The Morgan fingerprint density at radius 3 is 2.59 bits per heavy atom. The minimum absolute atomic E-state index is 0. The van der Waals surface area contributed by atoms with Crippen molar-refractivity contribution < 1.29 is 0 Å². The molecule has 27 heavy (non-hydrogen) atoms. The molecular formula is C21H37IN4S. The van der Waals surface area contributed by atoms with E-state index in [0.717, 1.165) is 45.0 Å². The van der Waals surface area contributed by atoms with Gasteiger partial charge in [0.15, 0.2) is 5.96 Å². The lowest BCUT2D eigenvalue weighted by Crippen LogP contribution is -2.51. The number of nitrogens with one attached hydrogen (secondary N) is 2. The molecule has 1 fully saturated rings. The highest BCUT2D eigenvalue weighted by Crippen LogP contribution is 2.22. The molecule has 154 valence electrons. The number of likely N-dealkylation sites (tertiary alicyclic amines) is 1. The Bertz CT molecular complexity index is 565. The molecule has 0 aliphatic carbocycles. The highest BCUT2D eigenvalue weighted by molar-refractivity contribution is 14.0. The molecule has 1 aliphatic rings. The summed E-state index contributed by atoms with van der Waals surface area (Å²) in [4.78, 5) is 7.41. The van der Waals surface area contributed by atoms with E-state index in [2.05, 4.69) is 79.8 Å². The first kappa shape index (κ1) is 24.6. The number of rotatable bonds is 7. The molecule has 1 saturated heterocycles. The maximum atomic E-state index is 4.82. The smallest absolute Gasteiger partial charge is 0.191 e. The fourth-order valence-corrected chi connectivity index (χ4v) is 3.45. The standard InChI is InChI=1S/C21H36N4S.HI/c1-6-22-20(23-16-21(3,4)26-5)24-19-12-13-25(17(2)14-19)15-18-10-8-7-9-11-18;/h7-11,17,19H,6,12-16H2,1-5H3,(H2,22,23,24);1H. The minimum atomic E-state index is 0. The van der Waals surface area contributed by atoms with Crippen molar-refractivity contribution in [3.63, 3.8) is 0 Å². The Balaban J connectivity index is 0.00000364. The van der Waals surface area contributed by atoms with Crippen molar-refractivity contribution in [1.82, 2.24) is 15.5 Å². The number of hydrogen-bond acceptors (Lipinski definition) is 3. The monoisotopic (exact) mass is 504 g/mol. The number of thioether (sulfide) groups is 1. The van der Waals surface area contributed by atoms with Gasteiger partial charge < -0.3 is 10.6 Å². The summed E-state index contributed by atoms with van der Waals surface area (Å²) in [6.07, 6.45) is 4.47. The summed E-state index contributed by atoms with van der Waals surface area (Å²) in [5, 5.41) is 7.08. The van der Waals surface area contributed by atoms with Crippen molar-refractivity contribution in [3.05, 3.63) is 35.9 Å². The predicted molar refractivity (Wildman–Crippen MR) is 131 cm³/mol. The van der Waals surface area contributed by atoms with Crippen LogP contribution in [-0.4, -0.2) is 53.6 Å². The van der Waals surface area contributed by atoms with Crippen molar-refractivity contribution in [1.29, 1.82) is 0 Å². The molecule has 1 aromatic carbocycles. The van der Waals surface area contributed by atoms with Gasteiger partial charge in [0.2, 0.25) is 0 Å². The van der Waals surface area contributed by atoms with Crippen molar-refractivity contribution in [3.8, 4) is 0 Å². The molecule has 0 saturated carbocycles. The Morgan fingerprint density at radius 2 is 2.00 bits per heavy atom. The van der Waals surface area contributed by atoms with Gasteiger partial charge in [0, 0.05) is 36.5 Å². The number of halogens is 1. The molecule has 0 bridgehead atoms. The Hall–Kier alpha value is -0.470. The van der Waals surface area contributed by atoms with Crippen molar-refractivity contribution >= 4 is 41.7 Å². The van der Waals surface area contributed by atoms with Crippen LogP contribution in [0.15, 0.2) is 35.3 Å². The first-order valence-electron chi connectivity index (χ1n) is 9.81. The normalized spacial score (nSPS) is 21.4. The van der Waals surface area contributed by atoms with Gasteiger partial charge in [-0.1, -0.05) is 30.3 Å². The van der Waals surface area contributed by atoms with E-state index < -0.39 is 0 Å². The molecule has 0 aromatic heterocycles. The van der Waals surface area contributed by atoms with Crippen LogP contribution in [0.25, 0.3) is 0 Å². The SMILES string of the molecule is CCNC(=NCC(C)(C)SC)NC1CCN(Cc2ccccc2)C(C)C1.I. The van der Waals surface area contributed by atoms with Crippen molar-refractivity contribution in [2.75, 3.05) is 25.9 Å². The highest BCUT2D eigenvalue weighted by atomic mass is 127. The summed E-state index contributed by atoms with van der Waals surface area (Å²) < 4.78 is 0.175. The van der Waals surface area contributed by atoms with Gasteiger partial charge >= 0.3 is 0 Å². The fraction of sp³-hybridized carbons (Fsp3) is 0.667. The molecule has 2 unspecified atom stereocenters. The van der Waals surface area contributed by atoms with Crippen LogP contribution in [0, 0.1) is 0 Å². The molecule has 2 N–H and O–H groups in total. The summed E-state index contributed by atoms with van der Waals surface area (Å²) in [7, 11) is 0. The van der Waals surface area contributed by atoms with Crippen molar-refractivity contribution in [2.24, 2.45) is 4.99 Å². The fourth-order valence-electron chi connectivity index (χ4n) is 3.25. The first-order valence-corrected chi connectivity index (χ1v) is 11.0. The second-order valence-electron chi connectivity index (χ2n) is 7.83. The lowest BCUT2D eigenvalue weighted by atomic mass is 9.97. The lowest BCUT2D eigenvalue weighted by molar-refractivity contribution is 0.134. The second kappa shape index (κ2) is 12.2. The second-order valence-corrected chi connectivity index (χ2v) is 9.34. The average molecular weight is 505 g/mol. The van der Waals surface area contributed by atoms with E-state index in [1.807, 2.05) is 11.8 Å². The van der Waals surface area contributed by atoms with E-state index in [0.29, 0.717) is 12.1 Å². The van der Waals surface area contributed by atoms with Crippen LogP contribution in [0.1, 0.15) is 46.1 Å². The lowest BCUT2D eigenvalue weighted by Gasteiger charge is -2.38. The van der Waals surface area contributed by atoms with Gasteiger partial charge in [-0.2, -0.15) is 11.8 Å². The highest BCUT2D eigenvalue weighted by Gasteiger charge is 2.26. The van der Waals surface area contributed by atoms with Gasteiger partial charge in [-0.25, -0.2) is 0 Å². The molecule has 1 aromatic rings. The maximum absolute atomic E-state index is 4.82. The number of hydrogen-bond donors (Lipinski definition) is 2. The molecule has 0 spiro atoms. The van der Waals surface area contributed by atoms with E-state index in [9.17, 15) is 0 Å². The van der Waals surface area contributed by atoms with Crippen LogP contribution < -0.4 is 10.6 Å². The van der Waals surface area contributed by atoms with E-state index in [-0.39, 0.29) is 28.7 Å². The Morgan fingerprint density at radius 1 is 1.30 bits per heavy atom. The topological polar surface area (TPSA) is 39.7 Å². The third kappa shape index (κ3) is 8.60. The zero-order valence-corrected chi connectivity index (χ0v) is 20.6. The molecule has 0 amide bonds. The third-order valence-corrected chi connectivity index (χ3v) is 6.33. The minimum Gasteiger partial charge on any atom is -0.357 e. The van der Waals surface area contributed by atoms with Crippen LogP contribution >= 0.6 is 35.7 Å². The summed E-state index contributed by atoms with van der Waals surface area (Å²) >= 11 is 1.87. The van der Waals surface area contributed by atoms with Crippen molar-refractivity contribution in [2.45, 2.75) is 63.9 Å². The van der Waals surface area contributed by atoms with Gasteiger partial charge in [-0.3, -0.25) is 9.89 Å². The number of guanidine groups is 1. The summed E-state index contributed by atoms with van der Waals surface area (Å²) in [6, 6.07) is 11.9. The first-order chi connectivity index (χ1) is 12.4. The van der Waals surface area contributed by atoms with Gasteiger partial charge in [0.05, 0.1) is 6.54 Å². The molecule has 1 heterocycles. The molecule has 6 heteroatoms.